The molecule has 2 N–H and O–H groups in total. The summed E-state index contributed by atoms with van der Waals surface area (Å²) >= 11 is 13.9. The van der Waals surface area contributed by atoms with E-state index in [0.717, 1.165) is 17.9 Å². The fourth-order valence-electron chi connectivity index (χ4n) is 2.06. The molecule has 0 spiro atoms. The molecule has 1 aromatic carbocycles. The number of thioether (sulfide) groups is 1. The van der Waals surface area contributed by atoms with Gasteiger partial charge in [0.2, 0.25) is 10.0 Å². The van der Waals surface area contributed by atoms with Crippen molar-refractivity contribution in [2.45, 2.75) is 17.9 Å². The molecule has 0 bridgehead atoms. The van der Waals surface area contributed by atoms with Crippen LogP contribution in [-0.4, -0.2) is 37.3 Å². The molecule has 1 saturated heterocycles. The second-order valence-electron chi connectivity index (χ2n) is 4.45. The molecule has 1 aliphatic rings. The van der Waals surface area contributed by atoms with Crippen LogP contribution in [0.1, 0.15) is 12.0 Å². The smallest absolute Gasteiger partial charge is 0.244 e. The number of rotatable bonds is 3. The van der Waals surface area contributed by atoms with E-state index in [2.05, 4.69) is 0 Å². The number of benzene rings is 1. The summed E-state index contributed by atoms with van der Waals surface area (Å²) in [6, 6.07) is 3.00. The minimum absolute atomic E-state index is 0.0546. The molecule has 0 aliphatic carbocycles. The lowest BCUT2D eigenvalue weighted by atomic mass is 10.2. The number of halogens is 2. The Labute approximate surface area is 133 Å². The highest BCUT2D eigenvalue weighted by Gasteiger charge is 2.28. The van der Waals surface area contributed by atoms with E-state index in [-0.39, 0.29) is 16.5 Å². The predicted molar refractivity (Wildman–Crippen MR) is 85.1 cm³/mol. The summed E-state index contributed by atoms with van der Waals surface area (Å²) in [5.41, 5.74) is 6.12. The van der Waals surface area contributed by atoms with E-state index in [0.29, 0.717) is 23.7 Å². The molecule has 8 heteroatoms. The summed E-state index contributed by atoms with van der Waals surface area (Å²) < 4.78 is 26.9. The maximum atomic E-state index is 12.7. The van der Waals surface area contributed by atoms with Crippen LogP contribution in [0.25, 0.3) is 0 Å². The van der Waals surface area contributed by atoms with Crippen molar-refractivity contribution in [3.8, 4) is 0 Å². The molecule has 1 aromatic rings. The molecule has 0 unspecified atom stereocenters. The molecular formula is C12H16Cl2N2O2S2. The van der Waals surface area contributed by atoms with Crippen molar-refractivity contribution in [3.63, 3.8) is 0 Å². The lowest BCUT2D eigenvalue weighted by molar-refractivity contribution is 0.435. The average molecular weight is 355 g/mol. The molecule has 0 aromatic heterocycles. The predicted octanol–water partition coefficient (Wildman–Crippen LogP) is 2.58. The van der Waals surface area contributed by atoms with Crippen molar-refractivity contribution in [2.24, 2.45) is 5.73 Å². The lowest BCUT2D eigenvalue weighted by Crippen LogP contribution is -2.33. The summed E-state index contributed by atoms with van der Waals surface area (Å²) in [5, 5.41) is 0.506. The third kappa shape index (κ3) is 3.43. The van der Waals surface area contributed by atoms with Gasteiger partial charge in [0.1, 0.15) is 4.90 Å². The zero-order valence-electron chi connectivity index (χ0n) is 10.8. The first-order chi connectivity index (χ1) is 9.46. The largest absolute Gasteiger partial charge is 0.326 e. The maximum Gasteiger partial charge on any atom is 0.244 e. The molecule has 4 nitrogen and oxygen atoms in total. The van der Waals surface area contributed by atoms with Crippen molar-refractivity contribution in [1.82, 2.24) is 4.31 Å². The van der Waals surface area contributed by atoms with Crippen molar-refractivity contribution in [1.29, 1.82) is 0 Å². The van der Waals surface area contributed by atoms with E-state index in [4.69, 9.17) is 28.9 Å². The quantitative estimate of drug-likeness (QED) is 0.905. The van der Waals surface area contributed by atoms with Gasteiger partial charge in [-0.1, -0.05) is 23.2 Å². The van der Waals surface area contributed by atoms with Crippen LogP contribution in [0.15, 0.2) is 17.0 Å². The Kier molecular flexibility index (Phi) is 5.62. The Balaban J connectivity index is 2.45. The zero-order valence-corrected chi connectivity index (χ0v) is 14.0. The highest BCUT2D eigenvalue weighted by Crippen LogP contribution is 2.32. The minimum Gasteiger partial charge on any atom is -0.326 e. The van der Waals surface area contributed by atoms with E-state index in [9.17, 15) is 8.42 Å². The van der Waals surface area contributed by atoms with Crippen molar-refractivity contribution >= 4 is 45.0 Å². The third-order valence-electron chi connectivity index (χ3n) is 3.10. The molecule has 1 heterocycles. The topological polar surface area (TPSA) is 63.4 Å². The first-order valence-corrected chi connectivity index (χ1v) is 9.57. The van der Waals surface area contributed by atoms with Crippen LogP contribution >= 0.6 is 35.0 Å². The second kappa shape index (κ2) is 6.85. The number of hydrogen-bond donors (Lipinski definition) is 1. The third-order valence-corrected chi connectivity index (χ3v) is 6.85. The van der Waals surface area contributed by atoms with Gasteiger partial charge in [-0.05, 0) is 29.9 Å². The molecular weight excluding hydrogens is 339 g/mol. The lowest BCUT2D eigenvalue weighted by Gasteiger charge is -2.21. The van der Waals surface area contributed by atoms with Gasteiger partial charge in [0.25, 0.3) is 0 Å². The van der Waals surface area contributed by atoms with Gasteiger partial charge in [-0.15, -0.1) is 0 Å². The first kappa shape index (κ1) is 16.4. The standard InChI is InChI=1S/C12H16Cl2N2O2S2/c13-10-6-9(8-15)12(14)11(7-10)20(17,18)16-2-1-4-19-5-3-16/h6-7H,1-5,8,15H2. The van der Waals surface area contributed by atoms with Crippen LogP contribution in [0.3, 0.4) is 0 Å². The van der Waals surface area contributed by atoms with Crippen LogP contribution in [0, 0.1) is 0 Å². The van der Waals surface area contributed by atoms with E-state index in [1.807, 2.05) is 0 Å². The normalized spacial score (nSPS) is 17.9. The van der Waals surface area contributed by atoms with Gasteiger partial charge in [0.15, 0.2) is 0 Å². The Hall–Kier alpha value is 0.0200. The summed E-state index contributed by atoms with van der Waals surface area (Å²) in [6.45, 7) is 1.15. The number of nitrogens with two attached hydrogens (primary N) is 1. The number of nitrogens with zero attached hydrogens (tertiary/aromatic N) is 1. The highest BCUT2D eigenvalue weighted by atomic mass is 35.5. The Bertz CT molecular complexity index is 585. The van der Waals surface area contributed by atoms with Gasteiger partial charge < -0.3 is 5.73 Å². The van der Waals surface area contributed by atoms with Crippen LogP contribution in [0.2, 0.25) is 10.0 Å². The molecule has 1 fully saturated rings. The number of sulfonamides is 1. The summed E-state index contributed by atoms with van der Waals surface area (Å²) in [6.07, 6.45) is 0.839. The molecule has 0 amide bonds. The summed E-state index contributed by atoms with van der Waals surface area (Å²) in [5.74, 6) is 1.77. The van der Waals surface area contributed by atoms with Crippen molar-refractivity contribution < 1.29 is 8.42 Å². The van der Waals surface area contributed by atoms with Crippen LogP contribution in [0.5, 0.6) is 0 Å². The Morgan fingerprint density at radius 2 is 2.00 bits per heavy atom. The molecule has 0 saturated carbocycles. The molecule has 0 radical (unpaired) electrons. The highest BCUT2D eigenvalue weighted by molar-refractivity contribution is 7.99. The average Bonchev–Trinajstić information content (AvgIpc) is 2.70. The van der Waals surface area contributed by atoms with Crippen molar-refractivity contribution in [2.75, 3.05) is 24.6 Å². The SMILES string of the molecule is NCc1cc(Cl)cc(S(=O)(=O)N2CCCSCC2)c1Cl. The van der Waals surface area contributed by atoms with E-state index < -0.39 is 10.0 Å². The van der Waals surface area contributed by atoms with Gasteiger partial charge in [0, 0.05) is 30.4 Å². The van der Waals surface area contributed by atoms with E-state index >= 15 is 0 Å². The first-order valence-electron chi connectivity index (χ1n) is 6.22. The van der Waals surface area contributed by atoms with E-state index in [1.165, 1.54) is 10.4 Å². The molecule has 0 atom stereocenters. The van der Waals surface area contributed by atoms with Crippen LogP contribution in [-0.2, 0) is 16.6 Å². The number of hydrogen-bond acceptors (Lipinski definition) is 4. The maximum absolute atomic E-state index is 12.7. The Morgan fingerprint density at radius 3 is 2.70 bits per heavy atom. The monoisotopic (exact) mass is 354 g/mol. The summed E-state index contributed by atoms with van der Waals surface area (Å²) in [7, 11) is -3.62. The van der Waals surface area contributed by atoms with Gasteiger partial charge in [-0.25, -0.2) is 8.42 Å². The van der Waals surface area contributed by atoms with Crippen molar-refractivity contribution in [3.05, 3.63) is 27.7 Å². The molecule has 1 aliphatic heterocycles. The molecule has 112 valence electrons. The van der Waals surface area contributed by atoms with Crippen LogP contribution < -0.4 is 5.73 Å². The van der Waals surface area contributed by atoms with Crippen LogP contribution in [0.4, 0.5) is 0 Å². The van der Waals surface area contributed by atoms with Gasteiger partial charge in [-0.3, -0.25) is 0 Å². The Morgan fingerprint density at radius 1 is 1.25 bits per heavy atom. The van der Waals surface area contributed by atoms with Gasteiger partial charge >= 0.3 is 0 Å². The molecule has 2 rings (SSSR count). The second-order valence-corrected chi connectivity index (χ2v) is 8.40. The molecule has 20 heavy (non-hydrogen) atoms. The summed E-state index contributed by atoms with van der Waals surface area (Å²) in [4.78, 5) is 0.0546. The van der Waals surface area contributed by atoms with Gasteiger partial charge in [0.05, 0.1) is 5.02 Å². The van der Waals surface area contributed by atoms with E-state index in [1.54, 1.807) is 17.8 Å². The fourth-order valence-corrected chi connectivity index (χ4v) is 5.46. The fraction of sp³-hybridized carbons (Fsp3) is 0.500. The minimum atomic E-state index is -3.62. The van der Waals surface area contributed by atoms with Gasteiger partial charge in [-0.2, -0.15) is 16.1 Å². The zero-order chi connectivity index (χ0) is 14.8.